The second kappa shape index (κ2) is 6.54. The van der Waals surface area contributed by atoms with Gasteiger partial charge in [-0.05, 0) is 61.8 Å². The van der Waals surface area contributed by atoms with Crippen LogP contribution in [-0.2, 0) is 13.8 Å². The Morgan fingerprint density at radius 1 is 1.38 bits per heavy atom. The van der Waals surface area contributed by atoms with Crippen molar-refractivity contribution in [3.8, 4) is 5.75 Å². The Bertz CT molecular complexity index is 640. The van der Waals surface area contributed by atoms with Gasteiger partial charge in [-0.15, -0.1) is 0 Å². The number of amides is 1. The third kappa shape index (κ3) is 5.84. The Balaban J connectivity index is 2.87. The number of carbonyl (C=O) groups is 1. The summed E-state index contributed by atoms with van der Waals surface area (Å²) in [5.74, 6) is 0.0964. The van der Waals surface area contributed by atoms with E-state index in [1.165, 1.54) is 18.2 Å². The first-order valence-electron chi connectivity index (χ1n) is 6.13. The number of hydrogen-bond donors (Lipinski definition) is 1. The van der Waals surface area contributed by atoms with Crippen LogP contribution in [0.3, 0.4) is 0 Å². The molecule has 1 aromatic carbocycles. The Hall–Kier alpha value is -0.790. The summed E-state index contributed by atoms with van der Waals surface area (Å²) in [5.41, 5.74) is -0.359. The molecule has 0 aromatic heterocycles. The Morgan fingerprint density at radius 2 is 1.95 bits per heavy atom. The van der Waals surface area contributed by atoms with E-state index in [2.05, 4.69) is 21.2 Å². The van der Waals surface area contributed by atoms with Crippen LogP contribution >= 0.6 is 26.6 Å². The highest BCUT2D eigenvalue weighted by molar-refractivity contribution is 9.10. The molecule has 1 atom stereocenters. The fraction of sp³-hybridized carbons (Fsp3) is 0.462. The summed E-state index contributed by atoms with van der Waals surface area (Å²) in [6.45, 7) is 7.22. The first-order valence-corrected chi connectivity index (χ1v) is 9.23. The molecule has 0 aliphatic rings. The maximum absolute atomic E-state index is 11.9. The van der Waals surface area contributed by atoms with Crippen molar-refractivity contribution in [2.75, 3.05) is 0 Å². The Kier molecular flexibility index (Phi) is 5.69. The summed E-state index contributed by atoms with van der Waals surface area (Å²) in [6.07, 6.45) is -0.723. The molecule has 0 bridgehead atoms. The van der Waals surface area contributed by atoms with Gasteiger partial charge in [0.2, 0.25) is 0 Å². The zero-order valence-electron chi connectivity index (χ0n) is 12.1. The molecule has 0 fully saturated rings. The standard InChI is InChI=1S/C13H17BrClNO4S/c1-8(12(17)16-13(2,3)4)20-11-6-5-9(7-10(11)14)21(15,18)19/h5-8H,1-4H3,(H,16,17). The number of benzene rings is 1. The third-order valence-electron chi connectivity index (χ3n) is 2.36. The van der Waals surface area contributed by atoms with Gasteiger partial charge in [0.25, 0.3) is 15.0 Å². The van der Waals surface area contributed by atoms with Crippen molar-refractivity contribution in [1.82, 2.24) is 5.32 Å². The molecular formula is C13H17BrClNO4S. The molecule has 21 heavy (non-hydrogen) atoms. The first kappa shape index (κ1) is 18.3. The molecule has 1 aromatic rings. The van der Waals surface area contributed by atoms with Gasteiger partial charge in [-0.2, -0.15) is 0 Å². The summed E-state index contributed by atoms with van der Waals surface area (Å²) in [4.78, 5) is 11.9. The fourth-order valence-electron chi connectivity index (χ4n) is 1.44. The van der Waals surface area contributed by atoms with Gasteiger partial charge in [0.15, 0.2) is 6.10 Å². The zero-order chi connectivity index (χ0) is 16.4. The van der Waals surface area contributed by atoms with Crippen molar-refractivity contribution in [3.05, 3.63) is 22.7 Å². The average Bonchev–Trinajstić information content (AvgIpc) is 2.27. The summed E-state index contributed by atoms with van der Waals surface area (Å²) in [6, 6.07) is 4.09. The maximum atomic E-state index is 11.9. The lowest BCUT2D eigenvalue weighted by atomic mass is 10.1. The summed E-state index contributed by atoms with van der Waals surface area (Å²) >= 11 is 3.20. The lowest BCUT2D eigenvalue weighted by molar-refractivity contribution is -0.128. The highest BCUT2D eigenvalue weighted by Gasteiger charge is 2.21. The molecule has 1 N–H and O–H groups in total. The molecule has 0 spiro atoms. The van der Waals surface area contributed by atoms with Gasteiger partial charge < -0.3 is 10.1 Å². The van der Waals surface area contributed by atoms with Crippen LogP contribution < -0.4 is 10.1 Å². The quantitative estimate of drug-likeness (QED) is 0.791. The maximum Gasteiger partial charge on any atom is 0.261 e. The molecule has 0 saturated carbocycles. The molecule has 1 amide bonds. The van der Waals surface area contributed by atoms with Crippen LogP contribution in [0.25, 0.3) is 0 Å². The number of rotatable bonds is 4. The van der Waals surface area contributed by atoms with Gasteiger partial charge in [-0.3, -0.25) is 4.79 Å². The van der Waals surface area contributed by atoms with Crippen molar-refractivity contribution >= 4 is 41.6 Å². The highest BCUT2D eigenvalue weighted by atomic mass is 79.9. The molecule has 1 rings (SSSR count). The van der Waals surface area contributed by atoms with Gasteiger partial charge in [0.05, 0.1) is 9.37 Å². The Labute approximate surface area is 137 Å². The molecule has 0 aliphatic heterocycles. The largest absolute Gasteiger partial charge is 0.480 e. The van der Waals surface area contributed by atoms with E-state index in [1.807, 2.05) is 20.8 Å². The molecule has 8 heteroatoms. The molecule has 5 nitrogen and oxygen atoms in total. The molecule has 1 unspecified atom stereocenters. The van der Waals surface area contributed by atoms with Gasteiger partial charge >= 0.3 is 0 Å². The number of ether oxygens (including phenoxy) is 1. The normalized spacial score (nSPS) is 13.6. The average molecular weight is 399 g/mol. The smallest absolute Gasteiger partial charge is 0.261 e. The van der Waals surface area contributed by atoms with E-state index in [1.54, 1.807) is 6.92 Å². The van der Waals surface area contributed by atoms with Gasteiger partial charge in [0, 0.05) is 16.2 Å². The van der Waals surface area contributed by atoms with Crippen LogP contribution in [0.2, 0.25) is 0 Å². The van der Waals surface area contributed by atoms with E-state index >= 15 is 0 Å². The van der Waals surface area contributed by atoms with E-state index in [4.69, 9.17) is 15.4 Å². The van der Waals surface area contributed by atoms with Crippen LogP contribution in [0.4, 0.5) is 0 Å². The fourth-order valence-corrected chi connectivity index (χ4v) is 2.84. The minimum absolute atomic E-state index is 0.0461. The summed E-state index contributed by atoms with van der Waals surface area (Å²) < 4.78 is 28.4. The zero-order valence-corrected chi connectivity index (χ0v) is 15.3. The molecule has 0 aliphatic carbocycles. The van der Waals surface area contributed by atoms with E-state index in [0.29, 0.717) is 10.2 Å². The van der Waals surface area contributed by atoms with Crippen LogP contribution in [0, 0.1) is 0 Å². The van der Waals surface area contributed by atoms with Crippen molar-refractivity contribution in [3.63, 3.8) is 0 Å². The van der Waals surface area contributed by atoms with E-state index in [-0.39, 0.29) is 16.3 Å². The number of carbonyl (C=O) groups excluding carboxylic acids is 1. The van der Waals surface area contributed by atoms with Crippen LogP contribution in [-0.4, -0.2) is 26.0 Å². The molecule has 0 radical (unpaired) electrons. The first-order chi connectivity index (χ1) is 9.40. The predicted octanol–water partition coefficient (Wildman–Crippen LogP) is 3.06. The molecular weight excluding hydrogens is 382 g/mol. The minimum Gasteiger partial charge on any atom is -0.480 e. The monoisotopic (exact) mass is 397 g/mol. The molecule has 0 saturated heterocycles. The Morgan fingerprint density at radius 3 is 2.38 bits per heavy atom. The lowest BCUT2D eigenvalue weighted by Crippen LogP contribution is -2.46. The second-order valence-corrected chi connectivity index (χ2v) is 8.95. The summed E-state index contributed by atoms with van der Waals surface area (Å²) in [5, 5.41) is 2.80. The predicted molar refractivity (Wildman–Crippen MR) is 85.2 cm³/mol. The topological polar surface area (TPSA) is 72.5 Å². The summed E-state index contributed by atoms with van der Waals surface area (Å²) in [7, 11) is 1.45. The third-order valence-corrected chi connectivity index (χ3v) is 4.33. The number of halogens is 2. The SMILES string of the molecule is CC(Oc1ccc(S(=O)(=O)Cl)cc1Br)C(=O)NC(C)(C)C. The van der Waals surface area contributed by atoms with E-state index in [9.17, 15) is 13.2 Å². The van der Waals surface area contributed by atoms with Crippen LogP contribution in [0.5, 0.6) is 5.75 Å². The van der Waals surface area contributed by atoms with Gasteiger partial charge in [-0.1, -0.05) is 0 Å². The van der Waals surface area contributed by atoms with Crippen LogP contribution in [0.15, 0.2) is 27.6 Å². The van der Waals surface area contributed by atoms with Crippen molar-refractivity contribution in [2.45, 2.75) is 44.2 Å². The van der Waals surface area contributed by atoms with Crippen molar-refractivity contribution in [2.24, 2.45) is 0 Å². The minimum atomic E-state index is -3.80. The van der Waals surface area contributed by atoms with E-state index in [0.717, 1.165) is 0 Å². The molecule has 0 heterocycles. The lowest BCUT2D eigenvalue weighted by Gasteiger charge is -2.24. The van der Waals surface area contributed by atoms with Gasteiger partial charge in [-0.25, -0.2) is 8.42 Å². The van der Waals surface area contributed by atoms with Crippen molar-refractivity contribution in [1.29, 1.82) is 0 Å². The number of nitrogens with one attached hydrogen (secondary N) is 1. The van der Waals surface area contributed by atoms with E-state index < -0.39 is 15.2 Å². The highest BCUT2D eigenvalue weighted by Crippen LogP contribution is 2.29. The number of hydrogen-bond acceptors (Lipinski definition) is 4. The van der Waals surface area contributed by atoms with Crippen LogP contribution in [0.1, 0.15) is 27.7 Å². The van der Waals surface area contributed by atoms with Gasteiger partial charge in [0.1, 0.15) is 5.75 Å². The second-order valence-electron chi connectivity index (χ2n) is 5.53. The molecule has 118 valence electrons. The van der Waals surface area contributed by atoms with Crippen molar-refractivity contribution < 1.29 is 17.9 Å².